The fourth-order valence-electron chi connectivity index (χ4n) is 2.59. The van der Waals surface area contributed by atoms with E-state index in [1.54, 1.807) is 6.92 Å². The first kappa shape index (κ1) is 15.9. The highest BCUT2D eigenvalue weighted by atomic mass is 19.1. The van der Waals surface area contributed by atoms with Crippen molar-refractivity contribution in [3.63, 3.8) is 0 Å². The zero-order valence-electron chi connectivity index (χ0n) is 12.4. The van der Waals surface area contributed by atoms with E-state index in [1.165, 1.54) is 12.8 Å². The summed E-state index contributed by atoms with van der Waals surface area (Å²) < 4.78 is 26.6. The van der Waals surface area contributed by atoms with Gasteiger partial charge in [0.15, 0.2) is 0 Å². The number of benzene rings is 1. The molecule has 1 fully saturated rings. The molecule has 0 bridgehead atoms. The molecule has 2 rings (SSSR count). The molecule has 116 valence electrons. The first-order valence-corrected chi connectivity index (χ1v) is 7.54. The van der Waals surface area contributed by atoms with E-state index in [0.717, 1.165) is 44.1 Å². The molecule has 1 N–H and O–H groups in total. The van der Waals surface area contributed by atoms with E-state index in [4.69, 9.17) is 0 Å². The molecule has 0 spiro atoms. The second-order valence-corrected chi connectivity index (χ2v) is 5.58. The number of nitrogens with zero attached hydrogens (tertiary/aromatic N) is 1. The predicted octanol–water partition coefficient (Wildman–Crippen LogP) is 2.85. The largest absolute Gasteiger partial charge is 0.341 e. The summed E-state index contributed by atoms with van der Waals surface area (Å²) in [7, 11) is 0. The second-order valence-electron chi connectivity index (χ2n) is 5.58. The Kier molecular flexibility index (Phi) is 5.67. The summed E-state index contributed by atoms with van der Waals surface area (Å²) in [6, 6.07) is 2.95. The molecule has 1 atom stereocenters. The van der Waals surface area contributed by atoms with Crippen molar-refractivity contribution in [2.45, 2.75) is 45.2 Å². The number of halogens is 2. The van der Waals surface area contributed by atoms with Gasteiger partial charge in [-0.05, 0) is 38.0 Å². The summed E-state index contributed by atoms with van der Waals surface area (Å²) >= 11 is 0. The molecule has 3 nitrogen and oxygen atoms in total. The second kappa shape index (κ2) is 7.50. The lowest BCUT2D eigenvalue weighted by Crippen LogP contribution is -2.45. The van der Waals surface area contributed by atoms with Gasteiger partial charge in [-0.3, -0.25) is 4.79 Å². The van der Waals surface area contributed by atoms with Gasteiger partial charge in [-0.25, -0.2) is 8.78 Å². The van der Waals surface area contributed by atoms with Crippen LogP contribution in [0.1, 0.15) is 38.2 Å². The van der Waals surface area contributed by atoms with E-state index in [1.807, 2.05) is 4.90 Å². The van der Waals surface area contributed by atoms with E-state index >= 15 is 0 Å². The van der Waals surface area contributed by atoms with Crippen LogP contribution in [0.4, 0.5) is 8.78 Å². The number of rotatable bonds is 4. The SMILES string of the molecule is CC(NCc1cc(F)ccc1F)C(=O)N1CCCCCC1. The monoisotopic (exact) mass is 296 g/mol. The van der Waals surface area contributed by atoms with Gasteiger partial charge >= 0.3 is 0 Å². The molecule has 1 unspecified atom stereocenters. The zero-order chi connectivity index (χ0) is 15.2. The number of hydrogen-bond donors (Lipinski definition) is 1. The van der Waals surface area contributed by atoms with E-state index in [-0.39, 0.29) is 18.0 Å². The molecule has 1 aliphatic rings. The first-order chi connectivity index (χ1) is 10.1. The van der Waals surface area contributed by atoms with Crippen molar-refractivity contribution in [3.8, 4) is 0 Å². The highest BCUT2D eigenvalue weighted by molar-refractivity contribution is 5.81. The van der Waals surface area contributed by atoms with Gasteiger partial charge in [0.1, 0.15) is 11.6 Å². The van der Waals surface area contributed by atoms with Gasteiger partial charge in [-0.1, -0.05) is 12.8 Å². The lowest BCUT2D eigenvalue weighted by molar-refractivity contribution is -0.133. The first-order valence-electron chi connectivity index (χ1n) is 7.54. The van der Waals surface area contributed by atoms with Crippen molar-refractivity contribution in [2.24, 2.45) is 0 Å². The van der Waals surface area contributed by atoms with Gasteiger partial charge in [0.2, 0.25) is 5.91 Å². The molecule has 1 aromatic rings. The zero-order valence-corrected chi connectivity index (χ0v) is 12.4. The van der Waals surface area contributed by atoms with Gasteiger partial charge in [0.05, 0.1) is 6.04 Å². The Labute approximate surface area is 124 Å². The fourth-order valence-corrected chi connectivity index (χ4v) is 2.59. The molecule has 0 aromatic heterocycles. The fraction of sp³-hybridized carbons (Fsp3) is 0.562. The Bertz CT molecular complexity index is 485. The highest BCUT2D eigenvalue weighted by Crippen LogP contribution is 2.12. The molecule has 1 aliphatic heterocycles. The van der Waals surface area contributed by atoms with E-state index in [0.29, 0.717) is 0 Å². The van der Waals surface area contributed by atoms with Crippen molar-refractivity contribution in [2.75, 3.05) is 13.1 Å². The van der Waals surface area contributed by atoms with Crippen LogP contribution in [0.15, 0.2) is 18.2 Å². The van der Waals surface area contributed by atoms with E-state index in [2.05, 4.69) is 5.32 Å². The maximum atomic E-state index is 13.5. The van der Waals surface area contributed by atoms with E-state index < -0.39 is 17.7 Å². The standard InChI is InChI=1S/C16H22F2N2O/c1-12(16(21)20-8-4-2-3-5-9-20)19-11-13-10-14(17)6-7-15(13)18/h6-7,10,12,19H,2-5,8-9,11H2,1H3. The number of likely N-dealkylation sites (tertiary alicyclic amines) is 1. The smallest absolute Gasteiger partial charge is 0.239 e. The minimum atomic E-state index is -0.473. The molecule has 5 heteroatoms. The van der Waals surface area contributed by atoms with Crippen LogP contribution in [-0.4, -0.2) is 29.9 Å². The van der Waals surface area contributed by atoms with Crippen LogP contribution in [-0.2, 0) is 11.3 Å². The van der Waals surface area contributed by atoms with Crippen molar-refractivity contribution < 1.29 is 13.6 Å². The number of carbonyl (C=O) groups excluding carboxylic acids is 1. The molecule has 1 amide bonds. The number of carbonyl (C=O) groups is 1. The van der Waals surface area contributed by atoms with Crippen molar-refractivity contribution >= 4 is 5.91 Å². The minimum absolute atomic E-state index is 0.0358. The molecular weight excluding hydrogens is 274 g/mol. The Morgan fingerprint density at radius 1 is 1.24 bits per heavy atom. The van der Waals surface area contributed by atoms with Crippen LogP contribution < -0.4 is 5.32 Å². The van der Waals surface area contributed by atoms with Crippen LogP contribution in [0.3, 0.4) is 0 Å². The van der Waals surface area contributed by atoms with Gasteiger partial charge in [-0.2, -0.15) is 0 Å². The Morgan fingerprint density at radius 3 is 2.57 bits per heavy atom. The van der Waals surface area contributed by atoms with E-state index in [9.17, 15) is 13.6 Å². The normalized spacial score (nSPS) is 17.4. The summed E-state index contributed by atoms with van der Waals surface area (Å²) in [4.78, 5) is 14.2. The third-order valence-electron chi connectivity index (χ3n) is 3.89. The summed E-state index contributed by atoms with van der Waals surface area (Å²) in [5.74, 6) is -0.897. The van der Waals surface area contributed by atoms with Gasteiger partial charge in [0.25, 0.3) is 0 Å². The molecule has 1 heterocycles. The molecule has 21 heavy (non-hydrogen) atoms. The van der Waals surface area contributed by atoms with Gasteiger partial charge in [-0.15, -0.1) is 0 Å². The molecule has 1 aromatic carbocycles. The van der Waals surface area contributed by atoms with Gasteiger partial charge < -0.3 is 10.2 Å². The number of nitrogens with one attached hydrogen (secondary N) is 1. The van der Waals surface area contributed by atoms with Crippen LogP contribution in [0, 0.1) is 11.6 Å². The predicted molar refractivity (Wildman–Crippen MR) is 77.7 cm³/mol. The minimum Gasteiger partial charge on any atom is -0.341 e. The molecule has 0 radical (unpaired) electrons. The average molecular weight is 296 g/mol. The topological polar surface area (TPSA) is 32.3 Å². The summed E-state index contributed by atoms with van der Waals surface area (Å²) in [6.07, 6.45) is 4.41. The Morgan fingerprint density at radius 2 is 1.90 bits per heavy atom. The van der Waals surface area contributed by atoms with Crippen molar-refractivity contribution in [1.29, 1.82) is 0 Å². The molecule has 0 aliphatic carbocycles. The third-order valence-corrected chi connectivity index (χ3v) is 3.89. The maximum absolute atomic E-state index is 13.5. The van der Waals surface area contributed by atoms with Crippen molar-refractivity contribution in [3.05, 3.63) is 35.4 Å². The maximum Gasteiger partial charge on any atom is 0.239 e. The van der Waals surface area contributed by atoms with Crippen LogP contribution in [0.5, 0.6) is 0 Å². The summed E-state index contributed by atoms with van der Waals surface area (Å²) in [5.41, 5.74) is 0.241. The third kappa shape index (κ3) is 4.49. The average Bonchev–Trinajstić information content (AvgIpc) is 2.76. The molecular formula is C16H22F2N2O. The molecule has 1 saturated heterocycles. The van der Waals surface area contributed by atoms with Crippen molar-refractivity contribution in [1.82, 2.24) is 10.2 Å². The summed E-state index contributed by atoms with van der Waals surface area (Å²) in [5, 5.41) is 2.99. The quantitative estimate of drug-likeness (QED) is 0.926. The van der Waals surface area contributed by atoms with Crippen LogP contribution >= 0.6 is 0 Å². The highest BCUT2D eigenvalue weighted by Gasteiger charge is 2.21. The van der Waals surface area contributed by atoms with Crippen LogP contribution in [0.2, 0.25) is 0 Å². The molecule has 0 saturated carbocycles. The Hall–Kier alpha value is -1.49. The summed E-state index contributed by atoms with van der Waals surface area (Å²) in [6.45, 7) is 3.49. The number of hydrogen-bond acceptors (Lipinski definition) is 2. The Balaban J connectivity index is 1.89. The number of amides is 1. The lowest BCUT2D eigenvalue weighted by atomic mass is 10.2. The van der Waals surface area contributed by atoms with Gasteiger partial charge in [0, 0.05) is 25.2 Å². The lowest BCUT2D eigenvalue weighted by Gasteiger charge is -2.24. The van der Waals surface area contributed by atoms with Crippen LogP contribution in [0.25, 0.3) is 0 Å².